The van der Waals surface area contributed by atoms with Crippen LogP contribution in [0.5, 0.6) is 0 Å². The lowest BCUT2D eigenvalue weighted by Gasteiger charge is -2.17. The van der Waals surface area contributed by atoms with E-state index in [1.807, 2.05) is 24.3 Å². The SMILES string of the molecule is CN(CCNc1ccccc1Cl)Cc1ccc(Br)cc1. The van der Waals surface area contributed by atoms with Gasteiger partial charge in [-0.15, -0.1) is 0 Å². The van der Waals surface area contributed by atoms with Crippen LogP contribution in [0.25, 0.3) is 0 Å². The molecular formula is C16H18BrClN2. The number of benzene rings is 2. The highest BCUT2D eigenvalue weighted by molar-refractivity contribution is 9.10. The van der Waals surface area contributed by atoms with E-state index in [1.165, 1.54) is 5.56 Å². The molecule has 1 N–H and O–H groups in total. The van der Waals surface area contributed by atoms with Gasteiger partial charge >= 0.3 is 0 Å². The molecule has 0 unspecified atom stereocenters. The average Bonchev–Trinajstić information content (AvgIpc) is 2.43. The molecule has 0 aliphatic heterocycles. The van der Waals surface area contributed by atoms with Gasteiger partial charge in [-0.3, -0.25) is 0 Å². The zero-order chi connectivity index (χ0) is 14.4. The van der Waals surface area contributed by atoms with Crippen molar-refractivity contribution in [1.82, 2.24) is 4.90 Å². The van der Waals surface area contributed by atoms with Gasteiger partial charge in [0.1, 0.15) is 0 Å². The lowest BCUT2D eigenvalue weighted by molar-refractivity contribution is 0.340. The summed E-state index contributed by atoms with van der Waals surface area (Å²) in [7, 11) is 2.12. The molecule has 0 heterocycles. The van der Waals surface area contributed by atoms with E-state index in [9.17, 15) is 0 Å². The van der Waals surface area contributed by atoms with Crippen LogP contribution in [-0.4, -0.2) is 25.0 Å². The van der Waals surface area contributed by atoms with Crippen LogP contribution in [0.3, 0.4) is 0 Å². The normalized spacial score (nSPS) is 10.8. The van der Waals surface area contributed by atoms with E-state index in [4.69, 9.17) is 11.6 Å². The van der Waals surface area contributed by atoms with Crippen LogP contribution in [0.15, 0.2) is 53.0 Å². The Kier molecular flexibility index (Phi) is 5.89. The number of nitrogens with zero attached hydrogens (tertiary/aromatic N) is 1. The Bertz CT molecular complexity index is 542. The van der Waals surface area contributed by atoms with Crippen molar-refractivity contribution in [2.24, 2.45) is 0 Å². The Morgan fingerprint density at radius 1 is 1.10 bits per heavy atom. The number of hydrogen-bond donors (Lipinski definition) is 1. The van der Waals surface area contributed by atoms with Gasteiger partial charge in [-0.25, -0.2) is 0 Å². The minimum atomic E-state index is 0.767. The summed E-state index contributed by atoms with van der Waals surface area (Å²) >= 11 is 9.55. The highest BCUT2D eigenvalue weighted by atomic mass is 79.9. The monoisotopic (exact) mass is 352 g/mol. The number of halogens is 2. The van der Waals surface area contributed by atoms with Crippen LogP contribution in [0, 0.1) is 0 Å². The van der Waals surface area contributed by atoms with Crippen molar-refractivity contribution >= 4 is 33.2 Å². The molecule has 0 bridgehead atoms. The molecule has 0 aliphatic rings. The smallest absolute Gasteiger partial charge is 0.0637 e. The summed E-state index contributed by atoms with van der Waals surface area (Å²) in [6.07, 6.45) is 0. The van der Waals surface area contributed by atoms with Crippen LogP contribution in [0.2, 0.25) is 5.02 Å². The minimum absolute atomic E-state index is 0.767. The highest BCUT2D eigenvalue weighted by Gasteiger charge is 2.02. The van der Waals surface area contributed by atoms with E-state index in [2.05, 4.69) is 57.5 Å². The molecule has 20 heavy (non-hydrogen) atoms. The Labute approximate surface area is 133 Å². The first kappa shape index (κ1) is 15.4. The van der Waals surface area contributed by atoms with Gasteiger partial charge in [0.2, 0.25) is 0 Å². The number of nitrogens with one attached hydrogen (secondary N) is 1. The second-order valence-electron chi connectivity index (χ2n) is 4.77. The first-order valence-electron chi connectivity index (χ1n) is 6.56. The van der Waals surface area contributed by atoms with Crippen molar-refractivity contribution in [3.05, 3.63) is 63.6 Å². The van der Waals surface area contributed by atoms with Gasteiger partial charge in [-0.2, -0.15) is 0 Å². The second-order valence-corrected chi connectivity index (χ2v) is 6.09. The molecule has 0 fully saturated rings. The van der Waals surface area contributed by atoms with E-state index in [-0.39, 0.29) is 0 Å². The van der Waals surface area contributed by atoms with Crippen molar-refractivity contribution in [1.29, 1.82) is 0 Å². The van der Waals surface area contributed by atoms with Crippen molar-refractivity contribution in [3.8, 4) is 0 Å². The van der Waals surface area contributed by atoms with Crippen molar-refractivity contribution in [3.63, 3.8) is 0 Å². The lowest BCUT2D eigenvalue weighted by Crippen LogP contribution is -2.24. The quantitative estimate of drug-likeness (QED) is 0.813. The predicted octanol–water partition coefficient (Wildman–Crippen LogP) is 4.65. The number of rotatable bonds is 6. The van der Waals surface area contributed by atoms with Crippen molar-refractivity contribution in [2.75, 3.05) is 25.5 Å². The molecule has 0 aliphatic carbocycles. The predicted molar refractivity (Wildman–Crippen MR) is 90.4 cm³/mol. The van der Waals surface area contributed by atoms with E-state index < -0.39 is 0 Å². The summed E-state index contributed by atoms with van der Waals surface area (Å²) < 4.78 is 1.12. The summed E-state index contributed by atoms with van der Waals surface area (Å²) in [6.45, 7) is 2.77. The third-order valence-electron chi connectivity index (χ3n) is 3.05. The number of hydrogen-bond acceptors (Lipinski definition) is 2. The average molecular weight is 354 g/mol. The molecule has 2 aromatic rings. The third-order valence-corrected chi connectivity index (χ3v) is 3.91. The zero-order valence-electron chi connectivity index (χ0n) is 11.4. The third kappa shape index (κ3) is 4.82. The second kappa shape index (κ2) is 7.67. The topological polar surface area (TPSA) is 15.3 Å². The first-order valence-corrected chi connectivity index (χ1v) is 7.73. The Balaban J connectivity index is 1.76. The fourth-order valence-corrected chi connectivity index (χ4v) is 2.43. The van der Waals surface area contributed by atoms with Gasteiger partial charge in [0, 0.05) is 24.1 Å². The fourth-order valence-electron chi connectivity index (χ4n) is 1.97. The van der Waals surface area contributed by atoms with Crippen LogP contribution in [0.1, 0.15) is 5.56 Å². The van der Waals surface area contributed by atoms with Crippen molar-refractivity contribution < 1.29 is 0 Å². The standard InChI is InChI=1S/C16H18BrClN2/c1-20(12-13-6-8-14(17)9-7-13)11-10-19-16-5-3-2-4-15(16)18/h2-9,19H,10-12H2,1H3. The summed E-state index contributed by atoms with van der Waals surface area (Å²) in [5.41, 5.74) is 2.31. The van der Waals surface area contributed by atoms with E-state index in [0.29, 0.717) is 0 Å². The molecule has 0 radical (unpaired) electrons. The van der Waals surface area contributed by atoms with Gasteiger partial charge in [0.25, 0.3) is 0 Å². The molecule has 0 atom stereocenters. The molecule has 106 valence electrons. The van der Waals surface area contributed by atoms with E-state index >= 15 is 0 Å². The largest absolute Gasteiger partial charge is 0.383 e. The Morgan fingerprint density at radius 3 is 2.50 bits per heavy atom. The molecule has 2 nitrogen and oxygen atoms in total. The number of anilines is 1. The van der Waals surface area contributed by atoms with Gasteiger partial charge < -0.3 is 10.2 Å². The van der Waals surface area contributed by atoms with Gasteiger partial charge in [0.05, 0.1) is 10.7 Å². The summed E-state index contributed by atoms with van der Waals surface area (Å²) in [5, 5.41) is 4.12. The lowest BCUT2D eigenvalue weighted by atomic mass is 10.2. The molecule has 0 spiro atoms. The fraction of sp³-hybridized carbons (Fsp3) is 0.250. The molecule has 0 aromatic heterocycles. The summed E-state index contributed by atoms with van der Waals surface area (Å²) in [4.78, 5) is 2.28. The van der Waals surface area contributed by atoms with Crippen LogP contribution < -0.4 is 5.32 Å². The van der Waals surface area contributed by atoms with Crippen LogP contribution in [0.4, 0.5) is 5.69 Å². The summed E-state index contributed by atoms with van der Waals surface area (Å²) in [6, 6.07) is 16.2. The van der Waals surface area contributed by atoms with E-state index in [0.717, 1.165) is 34.8 Å². The molecule has 2 rings (SSSR count). The Hall–Kier alpha value is -1.03. The van der Waals surface area contributed by atoms with E-state index in [1.54, 1.807) is 0 Å². The highest BCUT2D eigenvalue weighted by Crippen LogP contribution is 2.20. The Morgan fingerprint density at radius 2 is 1.80 bits per heavy atom. The van der Waals surface area contributed by atoms with Gasteiger partial charge in [-0.1, -0.05) is 51.8 Å². The molecule has 0 saturated heterocycles. The molecule has 2 aromatic carbocycles. The molecule has 0 amide bonds. The number of para-hydroxylation sites is 1. The van der Waals surface area contributed by atoms with Gasteiger partial charge in [0.15, 0.2) is 0 Å². The maximum Gasteiger partial charge on any atom is 0.0637 e. The molecule has 4 heteroatoms. The zero-order valence-corrected chi connectivity index (χ0v) is 13.8. The van der Waals surface area contributed by atoms with Crippen LogP contribution in [-0.2, 0) is 6.54 Å². The molecular weight excluding hydrogens is 336 g/mol. The maximum atomic E-state index is 6.10. The first-order chi connectivity index (χ1) is 9.65. The van der Waals surface area contributed by atoms with Crippen molar-refractivity contribution in [2.45, 2.75) is 6.54 Å². The molecule has 0 saturated carbocycles. The maximum absolute atomic E-state index is 6.10. The minimum Gasteiger partial charge on any atom is -0.383 e. The number of likely N-dealkylation sites (N-methyl/N-ethyl adjacent to an activating group) is 1. The summed E-state index contributed by atoms with van der Waals surface area (Å²) in [5.74, 6) is 0. The van der Waals surface area contributed by atoms with Gasteiger partial charge in [-0.05, 0) is 36.9 Å². The van der Waals surface area contributed by atoms with Crippen LogP contribution >= 0.6 is 27.5 Å².